The lowest BCUT2D eigenvalue weighted by atomic mass is 10.3. The molecule has 0 spiro atoms. The van der Waals surface area contributed by atoms with Gasteiger partial charge in [-0.2, -0.15) is 0 Å². The molecule has 1 saturated carbocycles. The fourth-order valence-corrected chi connectivity index (χ4v) is 2.93. The Morgan fingerprint density at radius 3 is 2.75 bits per heavy atom. The van der Waals surface area contributed by atoms with E-state index in [0.29, 0.717) is 0 Å². The second-order valence-electron chi connectivity index (χ2n) is 3.99. The molecule has 4 nitrogen and oxygen atoms in total. The normalized spacial score (nSPS) is 16.1. The van der Waals surface area contributed by atoms with Gasteiger partial charge in [-0.3, -0.25) is 4.72 Å². The number of halogens is 1. The molecule has 1 aromatic rings. The maximum atomic E-state index is 12.9. The monoisotopic (exact) mass is 245 g/mol. The minimum atomic E-state index is -3.49. The molecule has 16 heavy (non-hydrogen) atoms. The Morgan fingerprint density at radius 1 is 1.44 bits per heavy atom. The van der Waals surface area contributed by atoms with Crippen LogP contribution in [0.25, 0.3) is 0 Å². The van der Waals surface area contributed by atoms with Gasteiger partial charge in [0.05, 0.1) is 11.4 Å². The van der Waals surface area contributed by atoms with Gasteiger partial charge in [0.1, 0.15) is 11.6 Å². The van der Waals surface area contributed by atoms with E-state index in [0.717, 1.165) is 31.0 Å². The first kappa shape index (κ1) is 11.2. The molecule has 0 atom stereocenters. The third kappa shape index (κ3) is 2.85. The maximum absolute atomic E-state index is 12.9. The van der Waals surface area contributed by atoms with Crippen molar-refractivity contribution in [3.63, 3.8) is 0 Å². The smallest absolute Gasteiger partial charge is 0.233 e. The third-order valence-electron chi connectivity index (χ3n) is 2.38. The summed E-state index contributed by atoms with van der Waals surface area (Å²) < 4.78 is 38.2. The quantitative estimate of drug-likeness (QED) is 0.793. The summed E-state index contributed by atoms with van der Waals surface area (Å²) in [5.41, 5.74) is -0.111. The van der Waals surface area contributed by atoms with Crippen LogP contribution in [-0.2, 0) is 10.0 Å². The SMILES string of the molecule is O=S(=O)(CC1CC1)Nc1cc(F)ccc1O. The van der Waals surface area contributed by atoms with Crippen LogP contribution in [0.5, 0.6) is 5.75 Å². The van der Waals surface area contributed by atoms with Crippen molar-refractivity contribution in [2.45, 2.75) is 12.8 Å². The predicted molar refractivity (Wildman–Crippen MR) is 58.2 cm³/mol. The number of aromatic hydroxyl groups is 1. The highest BCUT2D eigenvalue weighted by Gasteiger charge is 2.28. The Kier molecular flexibility index (Phi) is 2.75. The molecule has 1 aliphatic carbocycles. The number of benzene rings is 1. The first-order valence-corrected chi connectivity index (χ1v) is 6.60. The summed E-state index contributed by atoms with van der Waals surface area (Å²) in [7, 11) is -3.49. The van der Waals surface area contributed by atoms with E-state index in [2.05, 4.69) is 4.72 Å². The Hall–Kier alpha value is -1.30. The van der Waals surface area contributed by atoms with Gasteiger partial charge in [-0.15, -0.1) is 0 Å². The third-order valence-corrected chi connectivity index (χ3v) is 3.82. The van der Waals surface area contributed by atoms with Crippen LogP contribution in [0.3, 0.4) is 0 Å². The Bertz CT molecular complexity index is 497. The largest absolute Gasteiger partial charge is 0.506 e. The highest BCUT2D eigenvalue weighted by Crippen LogP contribution is 2.31. The molecule has 0 saturated heterocycles. The molecular formula is C10H12FNO3S. The zero-order valence-electron chi connectivity index (χ0n) is 8.48. The van der Waals surface area contributed by atoms with Crippen molar-refractivity contribution in [3.05, 3.63) is 24.0 Å². The number of hydrogen-bond donors (Lipinski definition) is 2. The molecule has 1 aliphatic rings. The molecular weight excluding hydrogens is 233 g/mol. The van der Waals surface area contributed by atoms with Crippen LogP contribution in [0.15, 0.2) is 18.2 Å². The summed E-state index contributed by atoms with van der Waals surface area (Å²) in [6, 6.07) is 3.14. The van der Waals surface area contributed by atoms with Crippen LogP contribution in [0.4, 0.5) is 10.1 Å². The van der Waals surface area contributed by atoms with E-state index in [1.54, 1.807) is 0 Å². The van der Waals surface area contributed by atoms with Crippen LogP contribution in [0.1, 0.15) is 12.8 Å². The minimum Gasteiger partial charge on any atom is -0.506 e. The van der Waals surface area contributed by atoms with Crippen molar-refractivity contribution >= 4 is 15.7 Å². The van der Waals surface area contributed by atoms with Gasteiger partial charge in [0.25, 0.3) is 0 Å². The number of sulfonamides is 1. The van der Waals surface area contributed by atoms with E-state index in [-0.39, 0.29) is 23.1 Å². The second-order valence-corrected chi connectivity index (χ2v) is 5.76. The first-order chi connectivity index (χ1) is 7.46. The lowest BCUT2D eigenvalue weighted by molar-refractivity contribution is 0.475. The molecule has 1 fully saturated rings. The lowest BCUT2D eigenvalue weighted by Crippen LogP contribution is -2.18. The van der Waals surface area contributed by atoms with Crippen molar-refractivity contribution in [2.24, 2.45) is 5.92 Å². The summed E-state index contributed by atoms with van der Waals surface area (Å²) in [5, 5.41) is 9.35. The van der Waals surface area contributed by atoms with E-state index < -0.39 is 15.8 Å². The standard InChI is InChI=1S/C10H12FNO3S/c11-8-3-4-10(13)9(5-8)12-16(14,15)6-7-1-2-7/h3-5,7,12-13H,1-2,6H2. The van der Waals surface area contributed by atoms with Crippen molar-refractivity contribution in [1.82, 2.24) is 0 Å². The van der Waals surface area contributed by atoms with E-state index >= 15 is 0 Å². The zero-order chi connectivity index (χ0) is 11.8. The van der Waals surface area contributed by atoms with Crippen molar-refractivity contribution < 1.29 is 17.9 Å². The Morgan fingerprint density at radius 2 is 2.12 bits per heavy atom. The van der Waals surface area contributed by atoms with Crippen molar-refractivity contribution in [3.8, 4) is 5.75 Å². The Balaban J connectivity index is 2.15. The number of anilines is 1. The fraction of sp³-hybridized carbons (Fsp3) is 0.400. The molecule has 0 bridgehead atoms. The van der Waals surface area contributed by atoms with E-state index in [1.165, 1.54) is 0 Å². The minimum absolute atomic E-state index is 0.0307. The zero-order valence-corrected chi connectivity index (χ0v) is 9.30. The summed E-state index contributed by atoms with van der Waals surface area (Å²) in [5.74, 6) is -0.640. The molecule has 0 aromatic heterocycles. The van der Waals surface area contributed by atoms with E-state index in [9.17, 15) is 17.9 Å². The number of nitrogens with one attached hydrogen (secondary N) is 1. The molecule has 2 rings (SSSR count). The summed E-state index contributed by atoms with van der Waals surface area (Å²) >= 11 is 0. The summed E-state index contributed by atoms with van der Waals surface area (Å²) in [4.78, 5) is 0. The number of hydrogen-bond acceptors (Lipinski definition) is 3. The summed E-state index contributed by atoms with van der Waals surface area (Å²) in [6.07, 6.45) is 1.83. The van der Waals surface area contributed by atoms with Crippen molar-refractivity contribution in [1.29, 1.82) is 0 Å². The average molecular weight is 245 g/mol. The van der Waals surface area contributed by atoms with Gasteiger partial charge in [-0.05, 0) is 30.9 Å². The van der Waals surface area contributed by atoms with Gasteiger partial charge >= 0.3 is 0 Å². The fourth-order valence-electron chi connectivity index (χ4n) is 1.39. The molecule has 6 heteroatoms. The molecule has 0 unspecified atom stereocenters. The summed E-state index contributed by atoms with van der Waals surface area (Å²) in [6.45, 7) is 0. The van der Waals surface area contributed by atoms with Crippen LogP contribution in [-0.4, -0.2) is 19.3 Å². The van der Waals surface area contributed by atoms with E-state index in [4.69, 9.17) is 0 Å². The van der Waals surface area contributed by atoms with Crippen LogP contribution >= 0.6 is 0 Å². The van der Waals surface area contributed by atoms with Gasteiger partial charge < -0.3 is 5.11 Å². The van der Waals surface area contributed by atoms with Gasteiger partial charge in [0.15, 0.2) is 0 Å². The molecule has 2 N–H and O–H groups in total. The average Bonchev–Trinajstić information content (AvgIpc) is 2.94. The molecule has 0 heterocycles. The van der Waals surface area contributed by atoms with Crippen LogP contribution in [0.2, 0.25) is 0 Å². The van der Waals surface area contributed by atoms with Crippen LogP contribution < -0.4 is 4.72 Å². The Labute approximate surface area is 93.2 Å². The number of rotatable bonds is 4. The lowest BCUT2D eigenvalue weighted by Gasteiger charge is -2.08. The van der Waals surface area contributed by atoms with Gasteiger partial charge in [-0.25, -0.2) is 12.8 Å². The van der Waals surface area contributed by atoms with Gasteiger partial charge in [0, 0.05) is 6.07 Å². The molecule has 1 aromatic carbocycles. The topological polar surface area (TPSA) is 66.4 Å². The maximum Gasteiger partial charge on any atom is 0.233 e. The number of phenols is 1. The predicted octanol–water partition coefficient (Wildman–Crippen LogP) is 1.68. The van der Waals surface area contributed by atoms with Crippen LogP contribution in [0, 0.1) is 11.7 Å². The highest BCUT2D eigenvalue weighted by atomic mass is 32.2. The number of phenolic OH excluding ortho intramolecular Hbond substituents is 1. The molecule has 0 aliphatic heterocycles. The highest BCUT2D eigenvalue weighted by molar-refractivity contribution is 7.92. The second kappa shape index (κ2) is 3.93. The van der Waals surface area contributed by atoms with Gasteiger partial charge in [0.2, 0.25) is 10.0 Å². The molecule has 0 amide bonds. The molecule has 0 radical (unpaired) electrons. The van der Waals surface area contributed by atoms with Gasteiger partial charge in [-0.1, -0.05) is 0 Å². The van der Waals surface area contributed by atoms with Crippen molar-refractivity contribution in [2.75, 3.05) is 10.5 Å². The molecule has 88 valence electrons. The first-order valence-electron chi connectivity index (χ1n) is 4.95. The van der Waals surface area contributed by atoms with E-state index in [1.807, 2.05) is 0 Å².